The van der Waals surface area contributed by atoms with Crippen LogP contribution < -0.4 is 10.2 Å². The first-order chi connectivity index (χ1) is 13.2. The minimum absolute atomic E-state index is 0.172. The molecule has 1 N–H and O–H groups in total. The summed E-state index contributed by atoms with van der Waals surface area (Å²) in [4.78, 5) is 19.8. The largest absolute Gasteiger partial charge is 0.357 e. The highest BCUT2D eigenvalue weighted by atomic mass is 16.1. The van der Waals surface area contributed by atoms with E-state index in [2.05, 4.69) is 15.3 Å². The molecule has 0 spiro atoms. The lowest BCUT2D eigenvalue weighted by Crippen LogP contribution is -2.25. The van der Waals surface area contributed by atoms with Gasteiger partial charge in [-0.1, -0.05) is 43.2 Å². The molecular formula is C21H25N5O. The van der Waals surface area contributed by atoms with E-state index >= 15 is 0 Å². The number of carbonyl (C=O) groups is 1. The molecule has 0 saturated carbocycles. The Morgan fingerprint density at radius 1 is 1.04 bits per heavy atom. The molecule has 1 amide bonds. The molecule has 1 fully saturated rings. The van der Waals surface area contributed by atoms with Gasteiger partial charge in [-0.2, -0.15) is 5.10 Å². The van der Waals surface area contributed by atoms with Crippen LogP contribution in [0.5, 0.6) is 0 Å². The van der Waals surface area contributed by atoms with Crippen LogP contribution in [0.4, 0.5) is 5.82 Å². The summed E-state index contributed by atoms with van der Waals surface area (Å²) in [5.41, 5.74) is 2.24. The molecule has 6 heteroatoms. The molecule has 4 rings (SSSR count). The highest BCUT2D eigenvalue weighted by Crippen LogP contribution is 2.23. The van der Waals surface area contributed by atoms with Gasteiger partial charge in [-0.15, -0.1) is 0 Å². The van der Waals surface area contributed by atoms with Crippen LogP contribution in [0, 0.1) is 0 Å². The van der Waals surface area contributed by atoms with Crippen LogP contribution in [0.15, 0.2) is 42.5 Å². The lowest BCUT2D eigenvalue weighted by Gasteiger charge is -2.21. The summed E-state index contributed by atoms with van der Waals surface area (Å²) in [6.07, 6.45) is 4.99. The Kier molecular flexibility index (Phi) is 5.05. The number of hydrogen-bond acceptors (Lipinski definition) is 4. The van der Waals surface area contributed by atoms with Gasteiger partial charge >= 0.3 is 0 Å². The Hall–Kier alpha value is -2.89. The lowest BCUT2D eigenvalue weighted by molar-refractivity contribution is 0.0947. The zero-order valence-corrected chi connectivity index (χ0v) is 15.7. The number of fused-ring (bicyclic) bond motifs is 1. The molecule has 3 heterocycles. The number of hydrogen-bond donors (Lipinski definition) is 1. The third-order valence-electron chi connectivity index (χ3n) is 5.11. The van der Waals surface area contributed by atoms with Crippen molar-refractivity contribution in [2.24, 2.45) is 7.05 Å². The van der Waals surface area contributed by atoms with Gasteiger partial charge in [0.25, 0.3) is 5.91 Å². The maximum Gasteiger partial charge on any atom is 0.272 e. The van der Waals surface area contributed by atoms with E-state index < -0.39 is 0 Å². The van der Waals surface area contributed by atoms with Gasteiger partial charge in [-0.05, 0) is 30.5 Å². The molecule has 1 saturated heterocycles. The number of aromatic nitrogens is 3. The van der Waals surface area contributed by atoms with Gasteiger partial charge in [0.1, 0.15) is 5.82 Å². The summed E-state index contributed by atoms with van der Waals surface area (Å²) in [6, 6.07) is 13.9. The van der Waals surface area contributed by atoms with Crippen LogP contribution in [0.1, 0.15) is 41.7 Å². The Morgan fingerprint density at radius 2 is 1.78 bits per heavy atom. The molecule has 0 bridgehead atoms. The van der Waals surface area contributed by atoms with Crippen molar-refractivity contribution in [1.82, 2.24) is 20.1 Å². The SMILES string of the molecule is Cn1nc(C(=O)NCc2ccccc2)c2ccc(N3CCCCCC3)nc21. The van der Waals surface area contributed by atoms with Gasteiger partial charge in [0.05, 0.1) is 5.39 Å². The standard InChI is InChI=1S/C21H25N5O/c1-25-20-17(11-12-18(23-20)26-13-7-2-3-8-14-26)19(24-25)21(27)22-15-16-9-5-4-6-10-16/h4-6,9-12H,2-3,7-8,13-15H2,1H3,(H,22,27). The second-order valence-electron chi connectivity index (χ2n) is 7.08. The number of aryl methyl sites for hydroxylation is 1. The van der Waals surface area contributed by atoms with Crippen molar-refractivity contribution in [3.05, 3.63) is 53.7 Å². The quantitative estimate of drug-likeness (QED) is 0.773. The Labute approximate surface area is 159 Å². The average molecular weight is 363 g/mol. The van der Waals surface area contributed by atoms with Crippen molar-refractivity contribution < 1.29 is 4.79 Å². The third kappa shape index (κ3) is 3.79. The fraction of sp³-hybridized carbons (Fsp3) is 0.381. The van der Waals surface area contributed by atoms with E-state index in [1.807, 2.05) is 49.5 Å². The Bertz CT molecular complexity index is 926. The molecule has 27 heavy (non-hydrogen) atoms. The van der Waals surface area contributed by atoms with Crippen molar-refractivity contribution in [3.8, 4) is 0 Å². The smallest absolute Gasteiger partial charge is 0.272 e. The van der Waals surface area contributed by atoms with Gasteiger partial charge in [0.15, 0.2) is 11.3 Å². The van der Waals surface area contributed by atoms with Gasteiger partial charge < -0.3 is 10.2 Å². The monoisotopic (exact) mass is 363 g/mol. The van der Waals surface area contributed by atoms with E-state index in [9.17, 15) is 4.79 Å². The lowest BCUT2D eigenvalue weighted by atomic mass is 10.2. The predicted molar refractivity (Wildman–Crippen MR) is 107 cm³/mol. The van der Waals surface area contributed by atoms with Crippen molar-refractivity contribution in [1.29, 1.82) is 0 Å². The van der Waals surface area contributed by atoms with E-state index in [0.29, 0.717) is 12.2 Å². The maximum absolute atomic E-state index is 12.7. The first-order valence-corrected chi connectivity index (χ1v) is 9.63. The van der Waals surface area contributed by atoms with Crippen LogP contribution in [-0.2, 0) is 13.6 Å². The highest BCUT2D eigenvalue weighted by Gasteiger charge is 2.19. The Morgan fingerprint density at radius 3 is 2.52 bits per heavy atom. The molecule has 0 unspecified atom stereocenters. The number of carbonyl (C=O) groups excluding carboxylic acids is 1. The Balaban J connectivity index is 1.56. The maximum atomic E-state index is 12.7. The van der Waals surface area contributed by atoms with Crippen molar-refractivity contribution >= 4 is 22.8 Å². The second kappa shape index (κ2) is 7.78. The van der Waals surface area contributed by atoms with Crippen molar-refractivity contribution in [3.63, 3.8) is 0 Å². The molecular weight excluding hydrogens is 338 g/mol. The normalized spacial score (nSPS) is 14.9. The van der Waals surface area contributed by atoms with E-state index in [1.54, 1.807) is 4.68 Å². The average Bonchev–Trinajstić information content (AvgIpc) is 2.88. The van der Waals surface area contributed by atoms with E-state index in [0.717, 1.165) is 35.5 Å². The number of nitrogens with zero attached hydrogens (tertiary/aromatic N) is 4. The van der Waals surface area contributed by atoms with Gasteiger partial charge in [0, 0.05) is 26.7 Å². The first-order valence-electron chi connectivity index (χ1n) is 9.63. The van der Waals surface area contributed by atoms with Crippen LogP contribution in [0.2, 0.25) is 0 Å². The highest BCUT2D eigenvalue weighted by molar-refractivity contribution is 6.04. The van der Waals surface area contributed by atoms with Gasteiger partial charge in [-0.25, -0.2) is 9.67 Å². The fourth-order valence-electron chi connectivity index (χ4n) is 3.63. The zero-order chi connectivity index (χ0) is 18.6. The van der Waals surface area contributed by atoms with Crippen LogP contribution >= 0.6 is 0 Å². The predicted octanol–water partition coefficient (Wildman–Crippen LogP) is 3.28. The summed E-state index contributed by atoms with van der Waals surface area (Å²) in [7, 11) is 1.84. The fourth-order valence-corrected chi connectivity index (χ4v) is 3.63. The molecule has 6 nitrogen and oxygen atoms in total. The van der Waals surface area contributed by atoms with Crippen LogP contribution in [-0.4, -0.2) is 33.8 Å². The molecule has 0 aliphatic carbocycles. The second-order valence-corrected chi connectivity index (χ2v) is 7.08. The number of rotatable bonds is 4. The minimum Gasteiger partial charge on any atom is -0.357 e. The first kappa shape index (κ1) is 17.5. The molecule has 0 radical (unpaired) electrons. The molecule has 1 aromatic carbocycles. The van der Waals surface area contributed by atoms with E-state index in [1.165, 1.54) is 25.7 Å². The minimum atomic E-state index is -0.172. The summed E-state index contributed by atoms with van der Waals surface area (Å²) in [6.45, 7) is 2.57. The zero-order valence-electron chi connectivity index (χ0n) is 15.7. The molecule has 2 aromatic heterocycles. The van der Waals surface area contributed by atoms with Crippen LogP contribution in [0.25, 0.3) is 11.0 Å². The summed E-state index contributed by atoms with van der Waals surface area (Å²) in [5, 5.41) is 8.18. The third-order valence-corrected chi connectivity index (χ3v) is 5.11. The van der Waals surface area contributed by atoms with Gasteiger partial charge in [0.2, 0.25) is 0 Å². The van der Waals surface area contributed by atoms with Crippen LogP contribution in [0.3, 0.4) is 0 Å². The summed E-state index contributed by atoms with van der Waals surface area (Å²) in [5.74, 6) is 0.803. The number of anilines is 1. The number of pyridine rings is 1. The van der Waals surface area contributed by atoms with Crippen molar-refractivity contribution in [2.75, 3.05) is 18.0 Å². The number of amides is 1. The van der Waals surface area contributed by atoms with Crippen molar-refractivity contribution in [2.45, 2.75) is 32.2 Å². The van der Waals surface area contributed by atoms with E-state index in [4.69, 9.17) is 4.98 Å². The molecule has 1 aliphatic rings. The molecule has 140 valence electrons. The molecule has 3 aromatic rings. The number of benzene rings is 1. The summed E-state index contributed by atoms with van der Waals surface area (Å²) >= 11 is 0. The molecule has 1 aliphatic heterocycles. The summed E-state index contributed by atoms with van der Waals surface area (Å²) < 4.78 is 1.70. The molecule has 0 atom stereocenters. The number of nitrogens with one attached hydrogen (secondary N) is 1. The van der Waals surface area contributed by atoms with E-state index in [-0.39, 0.29) is 5.91 Å². The topological polar surface area (TPSA) is 63.1 Å². The van der Waals surface area contributed by atoms with Gasteiger partial charge in [-0.3, -0.25) is 4.79 Å².